The zero-order chi connectivity index (χ0) is 11.8. The van der Waals surface area contributed by atoms with E-state index in [1.54, 1.807) is 0 Å². The van der Waals surface area contributed by atoms with Crippen LogP contribution in [0.2, 0.25) is 0 Å². The van der Waals surface area contributed by atoms with Crippen LogP contribution in [0.25, 0.3) is 0 Å². The SMILES string of the molecule is CC(C)CNC(=O)C12CCC(N)(CC1)CC2.Cl. The molecule has 0 unspecified atom stereocenters. The van der Waals surface area contributed by atoms with Crippen LogP contribution in [0.1, 0.15) is 52.4 Å². The highest BCUT2D eigenvalue weighted by molar-refractivity contribution is 5.85. The number of rotatable bonds is 3. The number of halogens is 1. The maximum Gasteiger partial charge on any atom is 0.226 e. The second kappa shape index (κ2) is 5.15. The van der Waals surface area contributed by atoms with Gasteiger partial charge in [-0.15, -0.1) is 12.4 Å². The van der Waals surface area contributed by atoms with Crippen molar-refractivity contribution >= 4 is 18.3 Å². The molecule has 3 rings (SSSR count). The Morgan fingerprint density at radius 1 is 1.18 bits per heavy atom. The molecule has 3 N–H and O–H groups in total. The molecule has 100 valence electrons. The first-order valence-electron chi connectivity index (χ1n) is 6.53. The fourth-order valence-electron chi connectivity index (χ4n) is 3.04. The summed E-state index contributed by atoms with van der Waals surface area (Å²) < 4.78 is 0. The fourth-order valence-corrected chi connectivity index (χ4v) is 3.04. The molecule has 0 aromatic rings. The number of nitrogens with one attached hydrogen (secondary N) is 1. The summed E-state index contributed by atoms with van der Waals surface area (Å²) in [7, 11) is 0. The average Bonchev–Trinajstić information content (AvgIpc) is 2.27. The minimum Gasteiger partial charge on any atom is -0.355 e. The predicted molar refractivity (Wildman–Crippen MR) is 72.1 cm³/mol. The summed E-state index contributed by atoms with van der Waals surface area (Å²) in [4.78, 5) is 12.2. The summed E-state index contributed by atoms with van der Waals surface area (Å²) in [5, 5.41) is 3.10. The van der Waals surface area contributed by atoms with Crippen LogP contribution in [0.3, 0.4) is 0 Å². The fraction of sp³-hybridized carbons (Fsp3) is 0.923. The lowest BCUT2D eigenvalue weighted by Gasteiger charge is -2.50. The van der Waals surface area contributed by atoms with Crippen molar-refractivity contribution in [1.82, 2.24) is 5.32 Å². The summed E-state index contributed by atoms with van der Waals surface area (Å²) in [5.41, 5.74) is 6.23. The molecule has 0 aromatic carbocycles. The van der Waals surface area contributed by atoms with Gasteiger partial charge in [0.1, 0.15) is 0 Å². The second-order valence-electron chi connectivity index (χ2n) is 6.25. The van der Waals surface area contributed by atoms with Crippen LogP contribution in [0.5, 0.6) is 0 Å². The largest absolute Gasteiger partial charge is 0.355 e. The minimum absolute atomic E-state index is 0. The van der Waals surface area contributed by atoms with Crippen LogP contribution in [0.15, 0.2) is 0 Å². The van der Waals surface area contributed by atoms with Gasteiger partial charge in [0, 0.05) is 17.5 Å². The van der Waals surface area contributed by atoms with Crippen molar-refractivity contribution < 1.29 is 4.79 Å². The molecule has 2 bridgehead atoms. The van der Waals surface area contributed by atoms with Gasteiger partial charge in [-0.2, -0.15) is 0 Å². The Morgan fingerprint density at radius 3 is 2.06 bits per heavy atom. The predicted octanol–water partition coefficient (Wildman–Crippen LogP) is 2.23. The molecule has 0 saturated heterocycles. The van der Waals surface area contributed by atoms with E-state index in [9.17, 15) is 4.79 Å². The highest BCUT2D eigenvalue weighted by Crippen LogP contribution is 2.51. The van der Waals surface area contributed by atoms with Crippen LogP contribution < -0.4 is 11.1 Å². The summed E-state index contributed by atoms with van der Waals surface area (Å²) in [5.74, 6) is 0.809. The van der Waals surface area contributed by atoms with Crippen molar-refractivity contribution in [1.29, 1.82) is 0 Å². The Labute approximate surface area is 110 Å². The molecule has 3 nitrogen and oxygen atoms in total. The normalized spacial score (nSPS) is 35.5. The van der Waals surface area contributed by atoms with E-state index < -0.39 is 0 Å². The van der Waals surface area contributed by atoms with Gasteiger partial charge in [0.25, 0.3) is 0 Å². The Morgan fingerprint density at radius 2 is 1.65 bits per heavy atom. The number of nitrogens with two attached hydrogens (primary N) is 1. The van der Waals surface area contributed by atoms with E-state index in [0.29, 0.717) is 5.92 Å². The van der Waals surface area contributed by atoms with E-state index in [2.05, 4.69) is 19.2 Å². The maximum absolute atomic E-state index is 12.2. The third kappa shape index (κ3) is 2.94. The first kappa shape index (κ1) is 14.8. The highest BCUT2D eigenvalue weighted by Gasteiger charge is 2.50. The van der Waals surface area contributed by atoms with Crippen LogP contribution >= 0.6 is 12.4 Å². The van der Waals surface area contributed by atoms with Gasteiger partial charge in [-0.1, -0.05) is 13.8 Å². The molecule has 3 aliphatic carbocycles. The lowest BCUT2D eigenvalue weighted by atomic mass is 9.57. The summed E-state index contributed by atoms with van der Waals surface area (Å²) in [6.45, 7) is 5.06. The van der Waals surface area contributed by atoms with Crippen molar-refractivity contribution in [3.05, 3.63) is 0 Å². The molecule has 0 radical (unpaired) electrons. The van der Waals surface area contributed by atoms with Crippen molar-refractivity contribution in [2.24, 2.45) is 17.1 Å². The number of hydrogen-bond donors (Lipinski definition) is 2. The Bertz CT molecular complexity index is 267. The van der Waals surface area contributed by atoms with Gasteiger partial charge >= 0.3 is 0 Å². The van der Waals surface area contributed by atoms with E-state index in [1.807, 2.05) is 0 Å². The van der Waals surface area contributed by atoms with E-state index in [1.165, 1.54) is 0 Å². The maximum atomic E-state index is 12.2. The van der Waals surface area contributed by atoms with Gasteiger partial charge in [0.05, 0.1) is 0 Å². The molecule has 4 heteroatoms. The molecule has 0 atom stereocenters. The summed E-state index contributed by atoms with van der Waals surface area (Å²) in [6.07, 6.45) is 6.07. The van der Waals surface area contributed by atoms with E-state index in [0.717, 1.165) is 45.1 Å². The van der Waals surface area contributed by atoms with Crippen molar-refractivity contribution in [3.8, 4) is 0 Å². The third-order valence-corrected chi connectivity index (χ3v) is 4.46. The molecule has 0 spiro atoms. The van der Waals surface area contributed by atoms with Gasteiger partial charge in [-0.3, -0.25) is 4.79 Å². The molecular weight excluding hydrogens is 236 g/mol. The van der Waals surface area contributed by atoms with Crippen LogP contribution in [0, 0.1) is 11.3 Å². The van der Waals surface area contributed by atoms with E-state index in [4.69, 9.17) is 5.73 Å². The summed E-state index contributed by atoms with van der Waals surface area (Å²) in [6, 6.07) is 0. The number of amides is 1. The van der Waals surface area contributed by atoms with Gasteiger partial charge in [-0.25, -0.2) is 0 Å². The van der Waals surface area contributed by atoms with Gasteiger partial charge in [-0.05, 0) is 44.4 Å². The zero-order valence-electron chi connectivity index (χ0n) is 10.9. The van der Waals surface area contributed by atoms with E-state index in [-0.39, 0.29) is 29.3 Å². The first-order valence-corrected chi connectivity index (χ1v) is 6.53. The molecular formula is C13H25ClN2O. The van der Waals surface area contributed by atoms with Crippen LogP contribution in [0.4, 0.5) is 0 Å². The van der Waals surface area contributed by atoms with E-state index >= 15 is 0 Å². The Balaban J connectivity index is 0.00000144. The highest BCUT2D eigenvalue weighted by atomic mass is 35.5. The summed E-state index contributed by atoms with van der Waals surface area (Å²) >= 11 is 0. The quantitative estimate of drug-likeness (QED) is 0.818. The lowest BCUT2D eigenvalue weighted by molar-refractivity contribution is -0.137. The van der Waals surface area contributed by atoms with Crippen molar-refractivity contribution in [2.75, 3.05) is 6.54 Å². The standard InChI is InChI=1S/C13H24N2O.ClH/c1-10(2)9-15-11(16)12-3-6-13(14,7-4-12)8-5-12;/h10H,3-9,14H2,1-2H3,(H,15,16);1H. The van der Waals surface area contributed by atoms with Crippen molar-refractivity contribution in [3.63, 3.8) is 0 Å². The number of carbonyl (C=O) groups is 1. The molecule has 3 fully saturated rings. The monoisotopic (exact) mass is 260 g/mol. The zero-order valence-corrected chi connectivity index (χ0v) is 11.7. The first-order chi connectivity index (χ1) is 7.46. The molecule has 3 saturated carbocycles. The van der Waals surface area contributed by atoms with Gasteiger partial charge in [0.2, 0.25) is 5.91 Å². The lowest BCUT2D eigenvalue weighted by Crippen LogP contribution is -2.56. The number of fused-ring (bicyclic) bond motifs is 3. The Kier molecular flexibility index (Phi) is 4.48. The topological polar surface area (TPSA) is 55.1 Å². The molecule has 17 heavy (non-hydrogen) atoms. The van der Waals surface area contributed by atoms with Gasteiger partial charge < -0.3 is 11.1 Å². The second-order valence-corrected chi connectivity index (χ2v) is 6.25. The van der Waals surface area contributed by atoms with Crippen LogP contribution in [-0.4, -0.2) is 18.0 Å². The van der Waals surface area contributed by atoms with Gasteiger partial charge in [0.15, 0.2) is 0 Å². The molecule has 3 aliphatic rings. The molecule has 0 aliphatic heterocycles. The van der Waals surface area contributed by atoms with Crippen molar-refractivity contribution in [2.45, 2.75) is 57.9 Å². The Hall–Kier alpha value is -0.280. The smallest absolute Gasteiger partial charge is 0.226 e. The molecule has 0 heterocycles. The molecule has 0 aromatic heterocycles. The number of hydrogen-bond acceptors (Lipinski definition) is 2. The third-order valence-electron chi connectivity index (χ3n) is 4.46. The average molecular weight is 261 g/mol. The van der Waals surface area contributed by atoms with Crippen LogP contribution in [-0.2, 0) is 4.79 Å². The minimum atomic E-state index is -0.0734. The molecule has 1 amide bonds. The number of carbonyl (C=O) groups excluding carboxylic acids is 1.